The highest BCUT2D eigenvalue weighted by Gasteiger charge is 2.53. The Morgan fingerprint density at radius 3 is 2.24 bits per heavy atom. The summed E-state index contributed by atoms with van der Waals surface area (Å²) in [6.45, 7) is 12.5. The van der Waals surface area contributed by atoms with Gasteiger partial charge in [0.25, 0.3) is 0 Å². The Hall–Kier alpha value is -1.60. The molecule has 1 fully saturated rings. The molecule has 0 spiro atoms. The Morgan fingerprint density at radius 2 is 1.76 bits per heavy atom. The molecule has 2 rings (SSSR count). The van der Waals surface area contributed by atoms with Gasteiger partial charge in [-0.1, -0.05) is 31.5 Å². The van der Waals surface area contributed by atoms with E-state index in [1.54, 1.807) is 31.3 Å². The van der Waals surface area contributed by atoms with Gasteiger partial charge in [-0.25, -0.2) is 13.1 Å². The topological polar surface area (TPSA) is 73.8 Å². The van der Waals surface area contributed by atoms with E-state index >= 15 is 0 Å². The Bertz CT molecular complexity index is 737. The van der Waals surface area contributed by atoms with E-state index in [0.29, 0.717) is 13.1 Å². The van der Waals surface area contributed by atoms with Crippen molar-refractivity contribution in [3.8, 4) is 0 Å². The molecule has 6 nitrogen and oxygen atoms in total. The fraction of sp³-hybridized carbons (Fsp3) is 0.611. The zero-order chi connectivity index (χ0) is 18.9. The molecule has 25 heavy (non-hydrogen) atoms. The molecule has 0 bridgehead atoms. The average molecular weight is 367 g/mol. The summed E-state index contributed by atoms with van der Waals surface area (Å²) in [5, 5.41) is 3.25. The van der Waals surface area contributed by atoms with E-state index in [9.17, 15) is 8.42 Å². The Kier molecular flexibility index (Phi) is 5.49. The van der Waals surface area contributed by atoms with Crippen molar-refractivity contribution < 1.29 is 8.42 Å². The molecule has 1 saturated heterocycles. The number of hydrogen-bond donors (Lipinski definition) is 2. The average Bonchev–Trinajstić information content (AvgIpc) is 2.54. The Labute approximate surface area is 151 Å². The lowest BCUT2D eigenvalue weighted by Crippen LogP contribution is -2.72. The highest BCUT2D eigenvalue weighted by molar-refractivity contribution is 7.89. The quantitative estimate of drug-likeness (QED) is 0.475. The molecule has 0 aliphatic carbocycles. The smallest absolute Gasteiger partial charge is 0.240 e. The minimum Gasteiger partial charge on any atom is -0.355 e. The lowest BCUT2D eigenvalue weighted by atomic mass is 9.65. The van der Waals surface area contributed by atoms with E-state index in [-0.39, 0.29) is 15.8 Å². The van der Waals surface area contributed by atoms with Crippen molar-refractivity contribution in [2.75, 3.05) is 26.7 Å². The summed E-state index contributed by atoms with van der Waals surface area (Å²) >= 11 is 0. The largest absolute Gasteiger partial charge is 0.355 e. The van der Waals surface area contributed by atoms with Crippen LogP contribution in [0.3, 0.4) is 0 Å². The SMILES string of the molecule is CN=C(NCCNS(=O)(=O)c1ccc(C)cc1)N1CC(C)(C)C1(C)C. The number of benzene rings is 1. The molecular weight excluding hydrogens is 336 g/mol. The molecule has 0 atom stereocenters. The van der Waals surface area contributed by atoms with Gasteiger partial charge in [0, 0.05) is 37.6 Å². The maximum atomic E-state index is 12.3. The number of aryl methyl sites for hydroxylation is 1. The van der Waals surface area contributed by atoms with Crippen molar-refractivity contribution >= 4 is 16.0 Å². The Balaban J connectivity index is 1.87. The molecule has 0 unspecified atom stereocenters. The first-order valence-electron chi connectivity index (χ1n) is 8.56. The lowest BCUT2D eigenvalue weighted by molar-refractivity contribution is -0.0666. The van der Waals surface area contributed by atoms with E-state index in [1.165, 1.54) is 0 Å². The molecule has 1 heterocycles. The number of likely N-dealkylation sites (tertiary alicyclic amines) is 1. The number of hydrogen-bond acceptors (Lipinski definition) is 3. The zero-order valence-corrected chi connectivity index (χ0v) is 16.9. The van der Waals surface area contributed by atoms with Crippen LogP contribution in [0.2, 0.25) is 0 Å². The molecule has 1 aliphatic heterocycles. The summed E-state index contributed by atoms with van der Waals surface area (Å²) in [4.78, 5) is 6.84. The van der Waals surface area contributed by atoms with Crippen LogP contribution in [0.25, 0.3) is 0 Å². The van der Waals surface area contributed by atoms with E-state index in [2.05, 4.69) is 47.6 Å². The standard InChI is InChI=1S/C18H30N4O2S/c1-14-7-9-15(10-8-14)25(23,24)21-12-11-20-16(19-6)22-13-17(2,3)18(22,4)5/h7-10,21H,11-13H2,1-6H3,(H,19,20). The van der Waals surface area contributed by atoms with Gasteiger partial charge in [0.05, 0.1) is 4.90 Å². The molecular formula is C18H30N4O2S. The van der Waals surface area contributed by atoms with Gasteiger partial charge in [-0.05, 0) is 32.9 Å². The highest BCUT2D eigenvalue weighted by atomic mass is 32.2. The maximum Gasteiger partial charge on any atom is 0.240 e. The molecule has 0 amide bonds. The van der Waals surface area contributed by atoms with Crippen LogP contribution in [0.5, 0.6) is 0 Å². The third-order valence-electron chi connectivity index (χ3n) is 5.38. The van der Waals surface area contributed by atoms with Crippen molar-refractivity contribution in [1.82, 2.24) is 14.9 Å². The fourth-order valence-electron chi connectivity index (χ4n) is 2.86. The van der Waals surface area contributed by atoms with Gasteiger partial charge in [0.2, 0.25) is 10.0 Å². The van der Waals surface area contributed by atoms with Gasteiger partial charge >= 0.3 is 0 Å². The molecule has 1 aromatic rings. The van der Waals surface area contributed by atoms with Crippen LogP contribution in [0, 0.1) is 12.3 Å². The van der Waals surface area contributed by atoms with Crippen LogP contribution in [0.1, 0.15) is 33.3 Å². The van der Waals surface area contributed by atoms with Crippen LogP contribution in [-0.4, -0.2) is 51.5 Å². The summed E-state index contributed by atoms with van der Waals surface area (Å²) in [7, 11) is -1.73. The van der Waals surface area contributed by atoms with E-state index < -0.39 is 10.0 Å². The van der Waals surface area contributed by atoms with Gasteiger partial charge < -0.3 is 10.2 Å². The number of aliphatic imine (C=N–C) groups is 1. The summed E-state index contributed by atoms with van der Waals surface area (Å²) in [5.41, 5.74) is 1.26. The zero-order valence-electron chi connectivity index (χ0n) is 16.0. The highest BCUT2D eigenvalue weighted by Crippen LogP contribution is 2.46. The number of nitrogens with one attached hydrogen (secondary N) is 2. The van der Waals surface area contributed by atoms with Gasteiger partial charge in [-0.3, -0.25) is 4.99 Å². The summed E-state index contributed by atoms with van der Waals surface area (Å²) in [6.07, 6.45) is 0. The first kappa shape index (κ1) is 19.7. The molecule has 0 radical (unpaired) electrons. The second-order valence-electron chi connectivity index (χ2n) is 7.71. The first-order valence-corrected chi connectivity index (χ1v) is 10.0. The predicted octanol–water partition coefficient (Wildman–Crippen LogP) is 1.97. The Morgan fingerprint density at radius 1 is 1.16 bits per heavy atom. The first-order chi connectivity index (χ1) is 11.5. The third-order valence-corrected chi connectivity index (χ3v) is 6.86. The molecule has 1 aliphatic rings. The molecule has 1 aromatic carbocycles. The van der Waals surface area contributed by atoms with Crippen molar-refractivity contribution in [2.24, 2.45) is 10.4 Å². The fourth-order valence-corrected chi connectivity index (χ4v) is 3.89. The minimum absolute atomic E-state index is 0.0102. The monoisotopic (exact) mass is 366 g/mol. The maximum absolute atomic E-state index is 12.3. The molecule has 140 valence electrons. The van der Waals surface area contributed by atoms with E-state index in [1.807, 2.05) is 6.92 Å². The molecule has 2 N–H and O–H groups in total. The second kappa shape index (κ2) is 6.96. The third kappa shape index (κ3) is 3.98. The van der Waals surface area contributed by atoms with Gasteiger partial charge in [-0.2, -0.15) is 0 Å². The van der Waals surface area contributed by atoms with Crippen LogP contribution < -0.4 is 10.0 Å². The number of sulfonamides is 1. The van der Waals surface area contributed by atoms with E-state index in [4.69, 9.17) is 0 Å². The van der Waals surface area contributed by atoms with Crippen LogP contribution >= 0.6 is 0 Å². The van der Waals surface area contributed by atoms with Gasteiger partial charge in [-0.15, -0.1) is 0 Å². The van der Waals surface area contributed by atoms with Gasteiger partial charge in [0.1, 0.15) is 0 Å². The van der Waals surface area contributed by atoms with Crippen LogP contribution in [-0.2, 0) is 10.0 Å². The minimum atomic E-state index is -3.48. The molecule has 7 heteroatoms. The predicted molar refractivity (Wildman–Crippen MR) is 102 cm³/mol. The summed E-state index contributed by atoms with van der Waals surface area (Å²) < 4.78 is 27.2. The summed E-state index contributed by atoms with van der Waals surface area (Å²) in [6, 6.07) is 6.83. The normalized spacial score (nSPS) is 19.4. The lowest BCUT2D eigenvalue weighted by Gasteiger charge is -2.62. The van der Waals surface area contributed by atoms with Crippen molar-refractivity contribution in [2.45, 2.75) is 45.1 Å². The second-order valence-corrected chi connectivity index (χ2v) is 9.48. The van der Waals surface area contributed by atoms with Crippen LogP contribution in [0.15, 0.2) is 34.2 Å². The number of rotatable bonds is 5. The number of nitrogens with zero attached hydrogens (tertiary/aromatic N) is 2. The van der Waals surface area contributed by atoms with E-state index in [0.717, 1.165) is 18.1 Å². The molecule has 0 aromatic heterocycles. The van der Waals surface area contributed by atoms with Crippen molar-refractivity contribution in [3.63, 3.8) is 0 Å². The van der Waals surface area contributed by atoms with Gasteiger partial charge in [0.15, 0.2) is 5.96 Å². The van der Waals surface area contributed by atoms with Crippen LogP contribution in [0.4, 0.5) is 0 Å². The van der Waals surface area contributed by atoms with Crippen molar-refractivity contribution in [3.05, 3.63) is 29.8 Å². The summed E-state index contributed by atoms with van der Waals surface area (Å²) in [5.74, 6) is 0.804. The van der Waals surface area contributed by atoms with Crippen molar-refractivity contribution in [1.29, 1.82) is 0 Å². The number of guanidine groups is 1. The molecule has 0 saturated carbocycles.